The van der Waals surface area contributed by atoms with Crippen LogP contribution < -0.4 is 5.32 Å². The normalized spacial score (nSPS) is 21.1. The monoisotopic (exact) mass is 362 g/mol. The summed E-state index contributed by atoms with van der Waals surface area (Å²) < 4.78 is 1.87. The van der Waals surface area contributed by atoms with Crippen molar-refractivity contribution in [2.24, 2.45) is 0 Å². The van der Waals surface area contributed by atoms with Gasteiger partial charge in [-0.1, -0.05) is 5.21 Å². The zero-order valence-electron chi connectivity index (χ0n) is 14.0. The topological polar surface area (TPSA) is 75.9 Å². The van der Waals surface area contributed by atoms with Gasteiger partial charge in [-0.05, 0) is 56.5 Å². The highest BCUT2D eigenvalue weighted by Crippen LogP contribution is 2.32. The quantitative estimate of drug-likeness (QED) is 0.903. The predicted octanol–water partition coefficient (Wildman–Crippen LogP) is 2.00. The minimum atomic E-state index is -0.0190. The molecule has 0 radical (unpaired) electrons. The van der Waals surface area contributed by atoms with E-state index in [1.807, 2.05) is 27.9 Å². The third kappa shape index (κ3) is 3.67. The second-order valence-electron chi connectivity index (χ2n) is 6.50. The lowest BCUT2D eigenvalue weighted by Gasteiger charge is -2.24. The zero-order valence-corrected chi connectivity index (χ0v) is 14.9. The molecule has 4 heterocycles. The molecular weight excluding hydrogens is 340 g/mol. The number of hydrogen-bond donors (Lipinski definition) is 1. The fraction of sp³-hybridized carbons (Fsp3) is 0.529. The lowest BCUT2D eigenvalue weighted by atomic mass is 10.1. The number of pyridine rings is 1. The summed E-state index contributed by atoms with van der Waals surface area (Å²) in [5, 5.41) is 11.7. The van der Waals surface area contributed by atoms with E-state index < -0.39 is 0 Å². The molecule has 2 aliphatic heterocycles. The van der Waals surface area contributed by atoms with Crippen molar-refractivity contribution >= 4 is 18.3 Å². The van der Waals surface area contributed by atoms with Gasteiger partial charge in [0.25, 0.3) is 5.91 Å². The third-order valence-corrected chi connectivity index (χ3v) is 5.02. The average molecular weight is 363 g/mol. The molecule has 0 spiro atoms. The van der Waals surface area contributed by atoms with Crippen LogP contribution in [0.3, 0.4) is 0 Å². The summed E-state index contributed by atoms with van der Waals surface area (Å²) in [6.07, 6.45) is 9.44. The van der Waals surface area contributed by atoms with Crippen LogP contribution in [-0.2, 0) is 0 Å². The van der Waals surface area contributed by atoms with E-state index in [9.17, 15) is 4.79 Å². The van der Waals surface area contributed by atoms with Gasteiger partial charge in [-0.25, -0.2) is 4.68 Å². The van der Waals surface area contributed by atoms with E-state index in [0.29, 0.717) is 11.7 Å². The van der Waals surface area contributed by atoms with Crippen molar-refractivity contribution < 1.29 is 4.79 Å². The summed E-state index contributed by atoms with van der Waals surface area (Å²) in [6, 6.07) is 4.43. The summed E-state index contributed by atoms with van der Waals surface area (Å²) in [6.45, 7) is 2.75. The first kappa shape index (κ1) is 17.8. The highest BCUT2D eigenvalue weighted by Gasteiger charge is 2.32. The van der Waals surface area contributed by atoms with E-state index in [1.54, 1.807) is 12.4 Å². The summed E-state index contributed by atoms with van der Waals surface area (Å²) >= 11 is 0. The van der Waals surface area contributed by atoms with Crippen molar-refractivity contribution in [2.45, 2.75) is 37.8 Å². The Morgan fingerprint density at radius 2 is 1.92 bits per heavy atom. The molecule has 1 atom stereocenters. The molecule has 2 fully saturated rings. The Morgan fingerprint density at radius 3 is 2.68 bits per heavy atom. The van der Waals surface area contributed by atoms with Crippen LogP contribution in [-0.4, -0.2) is 50.4 Å². The number of likely N-dealkylation sites (tertiary alicyclic amines) is 1. The predicted molar refractivity (Wildman–Crippen MR) is 95.7 cm³/mol. The van der Waals surface area contributed by atoms with Gasteiger partial charge in [-0.15, -0.1) is 17.5 Å². The fourth-order valence-corrected chi connectivity index (χ4v) is 3.71. The highest BCUT2D eigenvalue weighted by molar-refractivity contribution is 5.92. The van der Waals surface area contributed by atoms with Crippen molar-refractivity contribution in [2.75, 3.05) is 19.6 Å². The maximum absolute atomic E-state index is 12.9. The fourth-order valence-electron chi connectivity index (χ4n) is 3.71. The molecule has 7 nitrogen and oxygen atoms in total. The molecule has 134 valence electrons. The smallest absolute Gasteiger partial charge is 0.276 e. The average Bonchev–Trinajstić information content (AvgIpc) is 3.32. The summed E-state index contributed by atoms with van der Waals surface area (Å²) in [5.41, 5.74) is 1.59. The first-order valence-electron chi connectivity index (χ1n) is 8.66. The number of nitrogens with one attached hydrogen (secondary N) is 1. The van der Waals surface area contributed by atoms with Crippen LogP contribution in [0.4, 0.5) is 0 Å². The molecule has 2 aromatic heterocycles. The Balaban J connectivity index is 0.00000182. The largest absolute Gasteiger partial charge is 0.330 e. The molecule has 0 bridgehead atoms. The van der Waals surface area contributed by atoms with E-state index in [1.165, 1.54) is 0 Å². The van der Waals surface area contributed by atoms with Gasteiger partial charge in [0.05, 0.1) is 18.3 Å². The van der Waals surface area contributed by atoms with E-state index in [4.69, 9.17) is 0 Å². The molecule has 2 aliphatic rings. The van der Waals surface area contributed by atoms with E-state index >= 15 is 0 Å². The highest BCUT2D eigenvalue weighted by atomic mass is 35.5. The van der Waals surface area contributed by atoms with Crippen molar-refractivity contribution in [1.82, 2.24) is 30.2 Å². The molecule has 2 saturated heterocycles. The van der Waals surface area contributed by atoms with Crippen LogP contribution in [0.5, 0.6) is 0 Å². The number of nitrogens with zero attached hydrogens (tertiary/aromatic N) is 5. The Kier molecular flexibility index (Phi) is 5.65. The molecular formula is C17H23ClN6O. The number of rotatable bonds is 3. The number of aromatic nitrogens is 4. The molecule has 0 aromatic carbocycles. The van der Waals surface area contributed by atoms with Gasteiger partial charge in [0, 0.05) is 18.9 Å². The van der Waals surface area contributed by atoms with Crippen LogP contribution in [0, 0.1) is 0 Å². The number of hydrogen-bond acceptors (Lipinski definition) is 5. The second kappa shape index (κ2) is 7.93. The molecule has 8 heteroatoms. The van der Waals surface area contributed by atoms with Crippen molar-refractivity contribution in [3.05, 3.63) is 42.0 Å². The van der Waals surface area contributed by atoms with Crippen LogP contribution in [0.1, 0.15) is 53.8 Å². The van der Waals surface area contributed by atoms with Gasteiger partial charge >= 0.3 is 0 Å². The minimum Gasteiger partial charge on any atom is -0.330 e. The summed E-state index contributed by atoms with van der Waals surface area (Å²) in [5.74, 6) is -0.0190. The molecule has 1 N–H and O–H groups in total. The summed E-state index contributed by atoms with van der Waals surface area (Å²) in [7, 11) is 0. The van der Waals surface area contributed by atoms with Gasteiger partial charge < -0.3 is 10.2 Å². The van der Waals surface area contributed by atoms with Crippen LogP contribution in [0.2, 0.25) is 0 Å². The molecule has 2 aromatic rings. The van der Waals surface area contributed by atoms with Crippen LogP contribution in [0.15, 0.2) is 30.7 Å². The summed E-state index contributed by atoms with van der Waals surface area (Å²) in [4.78, 5) is 18.9. The Hall–Kier alpha value is -1.99. The number of carbonyl (C=O) groups excluding carboxylic acids is 1. The molecule has 1 unspecified atom stereocenters. The van der Waals surface area contributed by atoms with Gasteiger partial charge in [-0.2, -0.15) is 0 Å². The zero-order chi connectivity index (χ0) is 16.4. The Labute approximate surface area is 153 Å². The van der Waals surface area contributed by atoms with Gasteiger partial charge in [-0.3, -0.25) is 9.78 Å². The van der Waals surface area contributed by atoms with E-state index in [2.05, 4.69) is 20.6 Å². The van der Waals surface area contributed by atoms with Crippen molar-refractivity contribution in [3.63, 3.8) is 0 Å². The number of amides is 1. The minimum absolute atomic E-state index is 0. The van der Waals surface area contributed by atoms with Gasteiger partial charge in [0.2, 0.25) is 0 Å². The molecule has 0 saturated carbocycles. The van der Waals surface area contributed by atoms with Crippen molar-refractivity contribution in [1.29, 1.82) is 0 Å². The first-order chi connectivity index (χ1) is 11.8. The molecule has 25 heavy (non-hydrogen) atoms. The lowest BCUT2D eigenvalue weighted by molar-refractivity contribution is 0.0729. The standard InChI is InChI=1S/C17H22N6O.ClH/c24-17(15-12-23(21-20-15)14-5-9-19-10-6-14)22-11-1-2-16(22)13-3-7-18-8-4-13;/h3-4,7-8,12,14,16,19H,1-2,5-6,9-11H2;1H. The second-order valence-corrected chi connectivity index (χ2v) is 6.50. The third-order valence-electron chi connectivity index (χ3n) is 5.02. The van der Waals surface area contributed by atoms with Crippen LogP contribution in [0.25, 0.3) is 0 Å². The van der Waals surface area contributed by atoms with E-state index in [0.717, 1.165) is 50.9 Å². The molecule has 1 amide bonds. The van der Waals surface area contributed by atoms with Crippen molar-refractivity contribution in [3.8, 4) is 0 Å². The van der Waals surface area contributed by atoms with Crippen LogP contribution >= 0.6 is 12.4 Å². The SMILES string of the molecule is Cl.O=C(c1cn(C2CCNCC2)nn1)N1CCCC1c1ccncc1. The number of piperidine rings is 1. The van der Waals surface area contributed by atoms with Gasteiger partial charge in [0.15, 0.2) is 5.69 Å². The Morgan fingerprint density at radius 1 is 1.16 bits per heavy atom. The maximum Gasteiger partial charge on any atom is 0.276 e. The Bertz CT molecular complexity index is 700. The maximum atomic E-state index is 12.9. The molecule has 4 rings (SSSR count). The number of carbonyl (C=O) groups is 1. The van der Waals surface area contributed by atoms with E-state index in [-0.39, 0.29) is 24.4 Å². The first-order valence-corrected chi connectivity index (χ1v) is 8.66. The lowest BCUT2D eigenvalue weighted by Crippen LogP contribution is -2.31. The van der Waals surface area contributed by atoms with Gasteiger partial charge in [0.1, 0.15) is 0 Å². The number of halogens is 1. The molecule has 0 aliphatic carbocycles.